The molecule has 4 heterocycles. The predicted molar refractivity (Wildman–Crippen MR) is 98.6 cm³/mol. The summed E-state index contributed by atoms with van der Waals surface area (Å²) >= 11 is 6.31. The van der Waals surface area contributed by atoms with Crippen LogP contribution in [0.15, 0.2) is 10.9 Å². The molecular weight excluding hydrogens is 342 g/mol. The number of fused-ring (bicyclic) bond motifs is 5. The van der Waals surface area contributed by atoms with Crippen molar-refractivity contribution in [1.29, 1.82) is 0 Å². The summed E-state index contributed by atoms with van der Waals surface area (Å²) in [5.41, 5.74) is 2.04. The zero-order valence-corrected chi connectivity index (χ0v) is 15.4. The lowest BCUT2D eigenvalue weighted by Crippen LogP contribution is -2.62. The van der Waals surface area contributed by atoms with Crippen molar-refractivity contribution >= 4 is 39.9 Å². The van der Waals surface area contributed by atoms with Crippen molar-refractivity contribution < 1.29 is 4.79 Å². The molecule has 8 heteroatoms. The van der Waals surface area contributed by atoms with Crippen LogP contribution in [0.5, 0.6) is 0 Å². The van der Waals surface area contributed by atoms with Crippen LogP contribution in [0.4, 0.5) is 11.4 Å². The van der Waals surface area contributed by atoms with Crippen molar-refractivity contribution in [2.24, 2.45) is 7.05 Å². The molecule has 7 nitrogen and oxygen atoms in total. The molecule has 0 saturated carbocycles. The number of aryl methyl sites for hydroxylation is 2. The van der Waals surface area contributed by atoms with E-state index in [0.717, 1.165) is 11.1 Å². The van der Waals surface area contributed by atoms with Gasteiger partial charge in [-0.25, -0.2) is 4.98 Å². The van der Waals surface area contributed by atoms with E-state index in [-0.39, 0.29) is 23.6 Å². The van der Waals surface area contributed by atoms with E-state index in [2.05, 4.69) is 22.1 Å². The van der Waals surface area contributed by atoms with Crippen molar-refractivity contribution in [1.82, 2.24) is 14.5 Å². The number of pyridine rings is 2. The van der Waals surface area contributed by atoms with E-state index in [1.807, 2.05) is 24.9 Å². The molecule has 1 saturated heterocycles. The molecule has 1 N–H and O–H groups in total. The Bertz CT molecular complexity index is 970. The molecule has 0 aliphatic carbocycles. The van der Waals surface area contributed by atoms with Gasteiger partial charge in [-0.15, -0.1) is 0 Å². The number of piperazine rings is 1. The number of nitrogens with one attached hydrogen (secondary N) is 1. The molecule has 25 heavy (non-hydrogen) atoms. The largest absolute Gasteiger partial charge is 0.354 e. The maximum absolute atomic E-state index is 12.8. The molecule has 2 atom stereocenters. The molecule has 1 fully saturated rings. The maximum Gasteiger partial charge on any atom is 0.277 e. The van der Waals surface area contributed by atoms with Crippen molar-refractivity contribution in [3.63, 3.8) is 0 Å². The number of likely N-dealkylation sites (N-methyl/N-ethyl adjacent to an activating group) is 1. The molecule has 0 spiro atoms. The van der Waals surface area contributed by atoms with E-state index in [1.165, 1.54) is 4.57 Å². The fraction of sp³-hybridized carbons (Fsp3) is 0.471. The van der Waals surface area contributed by atoms with Crippen LogP contribution < -0.4 is 15.8 Å². The van der Waals surface area contributed by atoms with Crippen LogP contribution in [-0.4, -0.2) is 52.6 Å². The number of aromatic nitrogens is 2. The first-order chi connectivity index (χ1) is 11.8. The van der Waals surface area contributed by atoms with Gasteiger partial charge in [-0.3, -0.25) is 19.1 Å². The lowest BCUT2D eigenvalue weighted by molar-refractivity contribution is -0.118. The highest BCUT2D eigenvalue weighted by Crippen LogP contribution is 2.38. The molecule has 2 aliphatic rings. The number of hydrogen-bond acceptors (Lipinski definition) is 5. The third kappa shape index (κ3) is 2.26. The molecule has 2 unspecified atom stereocenters. The number of anilines is 2. The van der Waals surface area contributed by atoms with E-state index in [1.54, 1.807) is 7.05 Å². The molecule has 1 amide bonds. The Kier molecular flexibility index (Phi) is 3.56. The molecule has 132 valence electrons. The third-order valence-electron chi connectivity index (χ3n) is 5.35. The van der Waals surface area contributed by atoms with Gasteiger partial charge < -0.3 is 10.2 Å². The van der Waals surface area contributed by atoms with E-state index in [4.69, 9.17) is 11.6 Å². The topological polar surface area (TPSA) is 70.5 Å². The second-order valence-electron chi connectivity index (χ2n) is 6.96. The standard InChI is InChI=1S/C17H20ClN5O2/c1-8-6-23-12(7-21(8)3)16(24)20-13-14(23)10-5-11(18)9(2)19-15(10)22(4)17(13)25/h5,8,12H,6-7H2,1-4H3,(H,20,24). The minimum absolute atomic E-state index is 0.145. The summed E-state index contributed by atoms with van der Waals surface area (Å²) in [6, 6.07) is 1.78. The van der Waals surface area contributed by atoms with Gasteiger partial charge in [-0.1, -0.05) is 11.6 Å². The van der Waals surface area contributed by atoms with E-state index in [9.17, 15) is 9.59 Å². The smallest absolute Gasteiger partial charge is 0.277 e. The van der Waals surface area contributed by atoms with Gasteiger partial charge in [0, 0.05) is 31.6 Å². The summed E-state index contributed by atoms with van der Waals surface area (Å²) in [5, 5.41) is 4.15. The minimum Gasteiger partial charge on any atom is -0.354 e. The zero-order valence-electron chi connectivity index (χ0n) is 14.6. The van der Waals surface area contributed by atoms with E-state index < -0.39 is 0 Å². The normalized spacial score (nSPS) is 23.4. The van der Waals surface area contributed by atoms with Gasteiger partial charge in [-0.2, -0.15) is 0 Å². The van der Waals surface area contributed by atoms with Gasteiger partial charge in [0.05, 0.1) is 16.4 Å². The number of carbonyl (C=O) groups is 1. The first-order valence-corrected chi connectivity index (χ1v) is 8.65. The Hall–Kier alpha value is -2.12. The van der Waals surface area contributed by atoms with Crippen molar-refractivity contribution in [2.75, 3.05) is 30.4 Å². The molecule has 0 aromatic carbocycles. The number of halogens is 1. The van der Waals surface area contributed by atoms with Gasteiger partial charge >= 0.3 is 0 Å². The number of rotatable bonds is 0. The monoisotopic (exact) mass is 361 g/mol. The first kappa shape index (κ1) is 16.4. The molecule has 0 bridgehead atoms. The fourth-order valence-corrected chi connectivity index (χ4v) is 3.84. The highest BCUT2D eigenvalue weighted by Gasteiger charge is 2.41. The second-order valence-corrected chi connectivity index (χ2v) is 7.37. The number of hydrogen-bond donors (Lipinski definition) is 1. The first-order valence-electron chi connectivity index (χ1n) is 8.27. The van der Waals surface area contributed by atoms with Crippen molar-refractivity contribution in [2.45, 2.75) is 25.9 Å². The Labute approximate surface area is 150 Å². The van der Waals surface area contributed by atoms with Crippen LogP contribution >= 0.6 is 11.6 Å². The summed E-state index contributed by atoms with van der Waals surface area (Å²) in [5.74, 6) is -0.145. The summed E-state index contributed by atoms with van der Waals surface area (Å²) in [6.07, 6.45) is 0. The average molecular weight is 362 g/mol. The average Bonchev–Trinajstić information content (AvgIpc) is 2.56. The van der Waals surface area contributed by atoms with Gasteiger partial charge in [0.25, 0.3) is 5.56 Å². The quantitative estimate of drug-likeness (QED) is 0.767. The lowest BCUT2D eigenvalue weighted by atomic mass is 10.0. The van der Waals surface area contributed by atoms with Gasteiger partial charge in [0.2, 0.25) is 5.91 Å². The van der Waals surface area contributed by atoms with E-state index >= 15 is 0 Å². The second kappa shape index (κ2) is 5.44. The van der Waals surface area contributed by atoms with Crippen LogP contribution in [0, 0.1) is 6.92 Å². The molecule has 0 radical (unpaired) electrons. The van der Waals surface area contributed by atoms with Crippen LogP contribution in [0.2, 0.25) is 5.02 Å². The predicted octanol–water partition coefficient (Wildman–Crippen LogP) is 1.36. The number of amides is 1. The Morgan fingerprint density at radius 2 is 2.00 bits per heavy atom. The Balaban J connectivity index is 2.06. The van der Waals surface area contributed by atoms with Crippen LogP contribution in [0.1, 0.15) is 12.6 Å². The Morgan fingerprint density at radius 3 is 2.72 bits per heavy atom. The summed E-state index contributed by atoms with van der Waals surface area (Å²) < 4.78 is 1.47. The highest BCUT2D eigenvalue weighted by molar-refractivity contribution is 6.32. The molecule has 2 aliphatic heterocycles. The lowest BCUT2D eigenvalue weighted by Gasteiger charge is -2.47. The maximum atomic E-state index is 12.8. The SMILES string of the molecule is Cc1nc2c(cc1Cl)c1c(c(=O)n2C)NC(=O)C2CN(C)C(C)CN12. The molecule has 4 rings (SSSR count). The summed E-state index contributed by atoms with van der Waals surface area (Å²) in [6.45, 7) is 5.20. The Morgan fingerprint density at radius 1 is 1.28 bits per heavy atom. The molecule has 2 aromatic rings. The van der Waals surface area contributed by atoms with Crippen molar-refractivity contribution in [3.8, 4) is 0 Å². The number of nitrogens with zero attached hydrogens (tertiary/aromatic N) is 4. The minimum atomic E-state index is -0.330. The molecule has 2 aromatic heterocycles. The van der Waals surface area contributed by atoms with Gasteiger partial charge in [0.15, 0.2) is 0 Å². The zero-order chi connectivity index (χ0) is 18.0. The summed E-state index contributed by atoms with van der Waals surface area (Å²) in [4.78, 5) is 34.1. The van der Waals surface area contributed by atoms with E-state index in [0.29, 0.717) is 35.1 Å². The molecular formula is C17H20ClN5O2. The number of carbonyl (C=O) groups excluding carboxylic acids is 1. The summed E-state index contributed by atoms with van der Waals surface area (Å²) in [7, 11) is 3.67. The van der Waals surface area contributed by atoms with Crippen LogP contribution in [0.3, 0.4) is 0 Å². The fourth-order valence-electron chi connectivity index (χ4n) is 3.69. The van der Waals surface area contributed by atoms with Crippen LogP contribution in [-0.2, 0) is 11.8 Å². The van der Waals surface area contributed by atoms with Gasteiger partial charge in [0.1, 0.15) is 17.4 Å². The third-order valence-corrected chi connectivity index (χ3v) is 5.73. The van der Waals surface area contributed by atoms with Crippen LogP contribution in [0.25, 0.3) is 11.0 Å². The highest BCUT2D eigenvalue weighted by atomic mass is 35.5. The van der Waals surface area contributed by atoms with Crippen molar-refractivity contribution in [3.05, 3.63) is 27.1 Å². The van der Waals surface area contributed by atoms with Gasteiger partial charge in [-0.05, 0) is 27.0 Å².